The minimum atomic E-state index is -4.70. The zero-order valence-electron chi connectivity index (χ0n) is 10.9. The lowest BCUT2D eigenvalue weighted by molar-refractivity contribution is -0.139. The van der Waals surface area contributed by atoms with Crippen LogP contribution in [0.5, 0.6) is 0 Å². The number of hydrogen-bond acceptors (Lipinski definition) is 1. The van der Waals surface area contributed by atoms with Crippen LogP contribution in [0.3, 0.4) is 0 Å². The minimum absolute atomic E-state index is 0.00700. The third kappa shape index (κ3) is 2.90. The van der Waals surface area contributed by atoms with Crippen molar-refractivity contribution in [1.82, 2.24) is 0 Å². The zero-order valence-corrected chi connectivity index (χ0v) is 10.9. The van der Waals surface area contributed by atoms with Crippen LogP contribution in [0.15, 0.2) is 36.4 Å². The van der Waals surface area contributed by atoms with Gasteiger partial charge in [0.1, 0.15) is 6.10 Å². The Morgan fingerprint density at radius 1 is 0.905 bits per heavy atom. The van der Waals surface area contributed by atoms with Gasteiger partial charge in [-0.2, -0.15) is 13.2 Å². The molecule has 1 nitrogen and oxygen atoms in total. The van der Waals surface area contributed by atoms with Gasteiger partial charge < -0.3 is 5.11 Å². The third-order valence-electron chi connectivity index (χ3n) is 3.16. The Bertz CT molecular complexity index is 664. The Morgan fingerprint density at radius 2 is 1.52 bits per heavy atom. The molecule has 0 saturated heterocycles. The van der Waals surface area contributed by atoms with Gasteiger partial charge in [0, 0.05) is 5.56 Å². The van der Waals surface area contributed by atoms with Gasteiger partial charge in [0.25, 0.3) is 0 Å². The SMILES string of the molecule is Cc1ccc(C(O)c2ccccc2C(F)(F)F)c(F)c1F. The predicted molar refractivity (Wildman–Crippen MR) is 66.6 cm³/mol. The van der Waals surface area contributed by atoms with Crippen LogP contribution in [0.2, 0.25) is 0 Å². The molecule has 2 aromatic carbocycles. The Balaban J connectivity index is 2.56. The summed E-state index contributed by atoms with van der Waals surface area (Å²) in [5.74, 6) is -2.53. The van der Waals surface area contributed by atoms with E-state index in [2.05, 4.69) is 0 Å². The number of rotatable bonds is 2. The van der Waals surface area contributed by atoms with E-state index in [-0.39, 0.29) is 5.56 Å². The van der Waals surface area contributed by atoms with Crippen molar-refractivity contribution < 1.29 is 27.1 Å². The van der Waals surface area contributed by atoms with Crippen molar-refractivity contribution in [3.63, 3.8) is 0 Å². The first-order chi connectivity index (χ1) is 9.73. The predicted octanol–water partition coefficient (Wildman–Crippen LogP) is 4.37. The van der Waals surface area contributed by atoms with E-state index in [0.717, 1.165) is 24.3 Å². The standard InChI is InChI=1S/C15H11F5O/c1-8-6-7-10(13(17)12(8)16)14(21)9-4-2-3-5-11(9)15(18,19)20/h2-7,14,21H,1H3. The van der Waals surface area contributed by atoms with E-state index in [9.17, 15) is 27.1 Å². The molecule has 112 valence electrons. The Kier molecular flexibility index (Phi) is 4.00. The Hall–Kier alpha value is -1.95. The van der Waals surface area contributed by atoms with Gasteiger partial charge in [-0.05, 0) is 24.1 Å². The molecule has 0 aliphatic heterocycles. The highest BCUT2D eigenvalue weighted by molar-refractivity contribution is 5.39. The number of aliphatic hydroxyl groups excluding tert-OH is 1. The molecule has 1 unspecified atom stereocenters. The molecule has 0 saturated carbocycles. The summed E-state index contributed by atoms with van der Waals surface area (Å²) in [5.41, 5.74) is -2.13. The second kappa shape index (κ2) is 5.44. The van der Waals surface area contributed by atoms with Gasteiger partial charge in [0.15, 0.2) is 11.6 Å². The lowest BCUT2D eigenvalue weighted by Crippen LogP contribution is -2.14. The van der Waals surface area contributed by atoms with Crippen LogP contribution in [0, 0.1) is 18.6 Å². The molecule has 0 bridgehead atoms. The van der Waals surface area contributed by atoms with Gasteiger partial charge in [-0.3, -0.25) is 0 Å². The summed E-state index contributed by atoms with van der Waals surface area (Å²) in [7, 11) is 0. The number of alkyl halides is 3. The van der Waals surface area contributed by atoms with Crippen LogP contribution in [0.25, 0.3) is 0 Å². The van der Waals surface area contributed by atoms with Gasteiger partial charge in [-0.15, -0.1) is 0 Å². The number of hydrogen-bond donors (Lipinski definition) is 1. The summed E-state index contributed by atoms with van der Waals surface area (Å²) >= 11 is 0. The third-order valence-corrected chi connectivity index (χ3v) is 3.16. The summed E-state index contributed by atoms with van der Waals surface area (Å²) in [6, 6.07) is 6.53. The largest absolute Gasteiger partial charge is 0.416 e. The molecule has 1 N–H and O–H groups in total. The van der Waals surface area contributed by atoms with Gasteiger partial charge >= 0.3 is 6.18 Å². The fourth-order valence-corrected chi connectivity index (χ4v) is 2.03. The normalized spacial score (nSPS) is 13.3. The topological polar surface area (TPSA) is 20.2 Å². The number of aryl methyl sites for hydroxylation is 1. The maximum atomic E-state index is 13.8. The number of halogens is 5. The van der Waals surface area contributed by atoms with Crippen molar-refractivity contribution in [1.29, 1.82) is 0 Å². The second-order valence-electron chi connectivity index (χ2n) is 4.59. The van der Waals surface area contributed by atoms with Gasteiger partial charge in [-0.1, -0.05) is 30.3 Å². The van der Waals surface area contributed by atoms with Crippen molar-refractivity contribution >= 4 is 0 Å². The first kappa shape index (κ1) is 15.4. The minimum Gasteiger partial charge on any atom is -0.384 e. The average molecular weight is 302 g/mol. The molecule has 0 aromatic heterocycles. The monoisotopic (exact) mass is 302 g/mol. The van der Waals surface area contributed by atoms with Crippen molar-refractivity contribution in [2.45, 2.75) is 19.2 Å². The molecule has 21 heavy (non-hydrogen) atoms. The molecule has 2 rings (SSSR count). The van der Waals surface area contributed by atoms with E-state index in [1.807, 2.05) is 0 Å². The van der Waals surface area contributed by atoms with Crippen LogP contribution in [0.1, 0.15) is 28.4 Å². The van der Waals surface area contributed by atoms with Crippen molar-refractivity contribution in [3.8, 4) is 0 Å². The quantitative estimate of drug-likeness (QED) is 0.817. The van der Waals surface area contributed by atoms with E-state index in [1.165, 1.54) is 19.1 Å². The molecule has 0 aliphatic rings. The summed E-state index contributed by atoms with van der Waals surface area (Å²) < 4.78 is 66.0. The fraction of sp³-hybridized carbons (Fsp3) is 0.200. The Labute approximate surface area is 117 Å². The number of benzene rings is 2. The smallest absolute Gasteiger partial charge is 0.384 e. The highest BCUT2D eigenvalue weighted by Crippen LogP contribution is 2.37. The second-order valence-corrected chi connectivity index (χ2v) is 4.59. The van der Waals surface area contributed by atoms with Gasteiger partial charge in [-0.25, -0.2) is 8.78 Å². The van der Waals surface area contributed by atoms with Crippen LogP contribution in [0.4, 0.5) is 22.0 Å². The molecule has 0 fully saturated rings. The van der Waals surface area contributed by atoms with Crippen molar-refractivity contribution in [3.05, 3.63) is 70.3 Å². The van der Waals surface area contributed by atoms with E-state index >= 15 is 0 Å². The maximum Gasteiger partial charge on any atom is 0.416 e. The molecule has 0 amide bonds. The molecule has 2 aromatic rings. The first-order valence-corrected chi connectivity index (χ1v) is 6.02. The summed E-state index contributed by atoms with van der Waals surface area (Å²) in [6.07, 6.45) is -6.60. The van der Waals surface area contributed by atoms with Gasteiger partial charge in [0.05, 0.1) is 5.56 Å². The van der Waals surface area contributed by atoms with Gasteiger partial charge in [0.2, 0.25) is 0 Å². The van der Waals surface area contributed by atoms with Crippen molar-refractivity contribution in [2.24, 2.45) is 0 Å². The van der Waals surface area contributed by atoms with E-state index < -0.39 is 40.6 Å². The summed E-state index contributed by atoms with van der Waals surface area (Å²) in [4.78, 5) is 0. The molecule has 6 heteroatoms. The lowest BCUT2D eigenvalue weighted by Gasteiger charge is -2.18. The molecule has 0 radical (unpaired) electrons. The Morgan fingerprint density at radius 3 is 2.14 bits per heavy atom. The average Bonchev–Trinajstić information content (AvgIpc) is 2.43. The molecule has 0 aliphatic carbocycles. The van der Waals surface area contributed by atoms with Crippen LogP contribution in [-0.2, 0) is 6.18 Å². The van der Waals surface area contributed by atoms with Crippen LogP contribution < -0.4 is 0 Å². The number of aliphatic hydroxyl groups is 1. The molecule has 0 spiro atoms. The zero-order chi connectivity index (χ0) is 15.8. The summed E-state index contributed by atoms with van der Waals surface area (Å²) in [5, 5.41) is 10.0. The van der Waals surface area contributed by atoms with E-state index in [0.29, 0.717) is 0 Å². The van der Waals surface area contributed by atoms with Crippen LogP contribution in [-0.4, -0.2) is 5.11 Å². The summed E-state index contributed by atoms with van der Waals surface area (Å²) in [6.45, 7) is 1.32. The molecule has 0 heterocycles. The molecular formula is C15H11F5O. The fourth-order valence-electron chi connectivity index (χ4n) is 2.03. The lowest BCUT2D eigenvalue weighted by atomic mass is 9.95. The first-order valence-electron chi connectivity index (χ1n) is 6.02. The maximum absolute atomic E-state index is 13.8. The highest BCUT2D eigenvalue weighted by atomic mass is 19.4. The van der Waals surface area contributed by atoms with Crippen LogP contribution >= 0.6 is 0 Å². The van der Waals surface area contributed by atoms with E-state index in [1.54, 1.807) is 0 Å². The van der Waals surface area contributed by atoms with E-state index in [4.69, 9.17) is 0 Å². The molecule has 1 atom stereocenters. The highest BCUT2D eigenvalue weighted by Gasteiger charge is 2.35. The van der Waals surface area contributed by atoms with Crippen molar-refractivity contribution in [2.75, 3.05) is 0 Å². The molecular weight excluding hydrogens is 291 g/mol.